The Kier molecular flexibility index (Phi) is 5.95. The fourth-order valence-corrected chi connectivity index (χ4v) is 2.25. The molecule has 0 saturated heterocycles. The standard InChI is InChI=1S/C19H22N2O3/c1-4-24-18-11-7-16(8-12-18)20-19(23)13-21(15(3)22)17-9-5-14(2)6-10-17/h5-12H,4,13H2,1-3H3,(H,20,23). The minimum atomic E-state index is -0.255. The molecular weight excluding hydrogens is 304 g/mol. The lowest BCUT2D eigenvalue weighted by molar-refractivity contribution is -0.120. The summed E-state index contributed by atoms with van der Waals surface area (Å²) in [7, 11) is 0. The van der Waals surface area contributed by atoms with Crippen LogP contribution in [0.4, 0.5) is 11.4 Å². The number of nitrogens with one attached hydrogen (secondary N) is 1. The van der Waals surface area contributed by atoms with Crippen molar-refractivity contribution in [2.24, 2.45) is 0 Å². The minimum absolute atomic E-state index is 0.0361. The summed E-state index contributed by atoms with van der Waals surface area (Å²) in [4.78, 5) is 25.6. The predicted octanol–water partition coefficient (Wildman–Crippen LogP) is 3.39. The normalized spacial score (nSPS) is 10.1. The van der Waals surface area contributed by atoms with Gasteiger partial charge in [-0.2, -0.15) is 0 Å². The second kappa shape index (κ2) is 8.15. The average molecular weight is 326 g/mol. The molecule has 0 heterocycles. The van der Waals surface area contributed by atoms with E-state index in [-0.39, 0.29) is 18.4 Å². The molecule has 0 aliphatic carbocycles. The first-order valence-corrected chi connectivity index (χ1v) is 7.87. The fraction of sp³-hybridized carbons (Fsp3) is 0.263. The molecule has 0 atom stereocenters. The van der Waals surface area contributed by atoms with E-state index in [1.807, 2.05) is 38.1 Å². The lowest BCUT2D eigenvalue weighted by atomic mass is 10.2. The molecule has 0 radical (unpaired) electrons. The van der Waals surface area contributed by atoms with Crippen molar-refractivity contribution in [1.82, 2.24) is 0 Å². The number of rotatable bonds is 6. The zero-order chi connectivity index (χ0) is 17.5. The number of hydrogen-bond donors (Lipinski definition) is 1. The molecule has 0 saturated carbocycles. The van der Waals surface area contributed by atoms with Crippen molar-refractivity contribution in [3.05, 3.63) is 54.1 Å². The molecule has 1 N–H and O–H groups in total. The summed E-state index contributed by atoms with van der Waals surface area (Å²) in [6, 6.07) is 14.6. The van der Waals surface area contributed by atoms with E-state index >= 15 is 0 Å². The number of aryl methyl sites for hydroxylation is 1. The van der Waals surface area contributed by atoms with Gasteiger partial charge in [0.25, 0.3) is 0 Å². The van der Waals surface area contributed by atoms with Gasteiger partial charge < -0.3 is 15.0 Å². The van der Waals surface area contributed by atoms with E-state index in [0.29, 0.717) is 18.0 Å². The van der Waals surface area contributed by atoms with Gasteiger partial charge in [0.15, 0.2) is 0 Å². The average Bonchev–Trinajstić information content (AvgIpc) is 2.55. The number of hydrogen-bond acceptors (Lipinski definition) is 3. The van der Waals surface area contributed by atoms with E-state index in [1.165, 1.54) is 11.8 Å². The van der Waals surface area contributed by atoms with Crippen molar-refractivity contribution in [2.75, 3.05) is 23.4 Å². The van der Waals surface area contributed by atoms with Gasteiger partial charge in [-0.1, -0.05) is 17.7 Å². The third kappa shape index (κ3) is 4.84. The molecule has 0 bridgehead atoms. The van der Waals surface area contributed by atoms with E-state index < -0.39 is 0 Å². The van der Waals surface area contributed by atoms with Gasteiger partial charge in [-0.05, 0) is 50.2 Å². The van der Waals surface area contributed by atoms with E-state index in [2.05, 4.69) is 5.32 Å². The van der Waals surface area contributed by atoms with Crippen LogP contribution in [0.25, 0.3) is 0 Å². The molecule has 0 unspecified atom stereocenters. The van der Waals surface area contributed by atoms with Crippen LogP contribution in [0.2, 0.25) is 0 Å². The molecule has 5 heteroatoms. The van der Waals surface area contributed by atoms with Crippen LogP contribution in [-0.2, 0) is 9.59 Å². The summed E-state index contributed by atoms with van der Waals surface area (Å²) in [6.45, 7) is 5.89. The highest BCUT2D eigenvalue weighted by Crippen LogP contribution is 2.17. The first kappa shape index (κ1) is 17.5. The number of nitrogens with zero attached hydrogens (tertiary/aromatic N) is 1. The van der Waals surface area contributed by atoms with Gasteiger partial charge in [0, 0.05) is 18.3 Å². The number of amides is 2. The van der Waals surface area contributed by atoms with E-state index in [0.717, 1.165) is 11.3 Å². The second-order valence-electron chi connectivity index (χ2n) is 5.45. The van der Waals surface area contributed by atoms with Crippen molar-refractivity contribution in [3.63, 3.8) is 0 Å². The van der Waals surface area contributed by atoms with Gasteiger partial charge >= 0.3 is 0 Å². The monoisotopic (exact) mass is 326 g/mol. The lowest BCUT2D eigenvalue weighted by Gasteiger charge is -2.21. The highest BCUT2D eigenvalue weighted by Gasteiger charge is 2.15. The summed E-state index contributed by atoms with van der Waals surface area (Å²) in [5.41, 5.74) is 2.46. The quantitative estimate of drug-likeness (QED) is 0.885. The van der Waals surface area contributed by atoms with Crippen LogP contribution in [0.15, 0.2) is 48.5 Å². The Morgan fingerprint density at radius 3 is 2.21 bits per heavy atom. The van der Waals surface area contributed by atoms with Crippen LogP contribution in [0.5, 0.6) is 5.75 Å². The van der Waals surface area contributed by atoms with Crippen LogP contribution in [-0.4, -0.2) is 25.0 Å². The molecule has 2 rings (SSSR count). The maximum atomic E-state index is 12.2. The summed E-state index contributed by atoms with van der Waals surface area (Å²) in [5, 5.41) is 2.79. The molecule has 5 nitrogen and oxygen atoms in total. The Labute approximate surface area is 142 Å². The SMILES string of the molecule is CCOc1ccc(NC(=O)CN(C(C)=O)c2ccc(C)cc2)cc1. The van der Waals surface area contributed by atoms with Crippen LogP contribution >= 0.6 is 0 Å². The largest absolute Gasteiger partial charge is 0.494 e. The molecule has 0 aliphatic heterocycles. The molecule has 0 fully saturated rings. The van der Waals surface area contributed by atoms with Crippen molar-refractivity contribution in [3.8, 4) is 5.75 Å². The van der Waals surface area contributed by atoms with Crippen molar-refractivity contribution >= 4 is 23.2 Å². The highest BCUT2D eigenvalue weighted by molar-refractivity contribution is 6.01. The van der Waals surface area contributed by atoms with Crippen LogP contribution < -0.4 is 15.0 Å². The van der Waals surface area contributed by atoms with E-state index in [9.17, 15) is 9.59 Å². The van der Waals surface area contributed by atoms with E-state index in [1.54, 1.807) is 24.3 Å². The molecule has 0 aliphatic rings. The zero-order valence-corrected chi connectivity index (χ0v) is 14.2. The highest BCUT2D eigenvalue weighted by atomic mass is 16.5. The van der Waals surface area contributed by atoms with Gasteiger partial charge in [0.1, 0.15) is 12.3 Å². The van der Waals surface area contributed by atoms with Crippen LogP contribution in [0.1, 0.15) is 19.4 Å². The molecule has 0 aromatic heterocycles. The van der Waals surface area contributed by atoms with Crippen molar-refractivity contribution in [1.29, 1.82) is 0 Å². The molecule has 2 aromatic rings. The number of carbonyl (C=O) groups excluding carboxylic acids is 2. The Balaban J connectivity index is 2.02. The van der Waals surface area contributed by atoms with Crippen LogP contribution in [0.3, 0.4) is 0 Å². The molecule has 126 valence electrons. The van der Waals surface area contributed by atoms with Gasteiger partial charge in [0.2, 0.25) is 11.8 Å². The molecule has 2 amide bonds. The van der Waals surface area contributed by atoms with Gasteiger partial charge in [0.05, 0.1) is 6.61 Å². The van der Waals surface area contributed by atoms with Gasteiger partial charge in [-0.25, -0.2) is 0 Å². The first-order valence-electron chi connectivity index (χ1n) is 7.87. The smallest absolute Gasteiger partial charge is 0.244 e. The van der Waals surface area contributed by atoms with Crippen LogP contribution in [0, 0.1) is 6.92 Å². The maximum Gasteiger partial charge on any atom is 0.244 e. The number of ether oxygens (including phenoxy) is 1. The molecule has 0 spiro atoms. The van der Waals surface area contributed by atoms with Gasteiger partial charge in [-0.15, -0.1) is 0 Å². The fourth-order valence-electron chi connectivity index (χ4n) is 2.25. The van der Waals surface area contributed by atoms with Gasteiger partial charge in [-0.3, -0.25) is 9.59 Å². The topological polar surface area (TPSA) is 58.6 Å². The van der Waals surface area contributed by atoms with E-state index in [4.69, 9.17) is 4.74 Å². The number of benzene rings is 2. The second-order valence-corrected chi connectivity index (χ2v) is 5.45. The first-order chi connectivity index (χ1) is 11.5. The Hall–Kier alpha value is -2.82. The minimum Gasteiger partial charge on any atom is -0.494 e. The third-order valence-corrected chi connectivity index (χ3v) is 3.48. The summed E-state index contributed by atoms with van der Waals surface area (Å²) < 4.78 is 5.36. The Morgan fingerprint density at radius 2 is 1.67 bits per heavy atom. The molecule has 24 heavy (non-hydrogen) atoms. The predicted molar refractivity (Wildman–Crippen MR) is 95.4 cm³/mol. The molecular formula is C19H22N2O3. The number of anilines is 2. The Morgan fingerprint density at radius 1 is 1.04 bits per heavy atom. The summed E-state index contributed by atoms with van der Waals surface area (Å²) >= 11 is 0. The molecule has 2 aromatic carbocycles. The number of carbonyl (C=O) groups is 2. The summed E-state index contributed by atoms with van der Waals surface area (Å²) in [5.74, 6) is 0.316. The third-order valence-electron chi connectivity index (χ3n) is 3.48. The summed E-state index contributed by atoms with van der Waals surface area (Å²) in [6.07, 6.45) is 0. The maximum absolute atomic E-state index is 12.2. The van der Waals surface area contributed by atoms with Crippen molar-refractivity contribution < 1.29 is 14.3 Å². The zero-order valence-electron chi connectivity index (χ0n) is 14.2. The Bertz CT molecular complexity index is 694. The van der Waals surface area contributed by atoms with Crippen molar-refractivity contribution in [2.45, 2.75) is 20.8 Å². The lowest BCUT2D eigenvalue weighted by Crippen LogP contribution is -2.36.